The zero-order valence-electron chi connectivity index (χ0n) is 12.8. The van der Waals surface area contributed by atoms with Crippen LogP contribution in [0.25, 0.3) is 0 Å². The van der Waals surface area contributed by atoms with Gasteiger partial charge in [-0.25, -0.2) is 4.79 Å². The van der Waals surface area contributed by atoms with Crippen molar-refractivity contribution in [1.82, 2.24) is 10.6 Å². The summed E-state index contributed by atoms with van der Waals surface area (Å²) in [6.07, 6.45) is 1.81. The van der Waals surface area contributed by atoms with Crippen molar-refractivity contribution in [1.29, 1.82) is 0 Å². The van der Waals surface area contributed by atoms with Crippen LogP contribution < -0.4 is 10.6 Å². The van der Waals surface area contributed by atoms with Gasteiger partial charge < -0.3 is 20.2 Å². The maximum Gasteiger partial charge on any atom is 0.326 e. The van der Waals surface area contributed by atoms with E-state index in [0.29, 0.717) is 12.2 Å². The first-order valence-corrected chi connectivity index (χ1v) is 7.19. The van der Waals surface area contributed by atoms with Gasteiger partial charge in [0.1, 0.15) is 11.8 Å². The van der Waals surface area contributed by atoms with Crippen molar-refractivity contribution in [3.63, 3.8) is 0 Å². The number of rotatable bonds is 9. The van der Waals surface area contributed by atoms with Crippen LogP contribution in [0.2, 0.25) is 0 Å². The summed E-state index contributed by atoms with van der Waals surface area (Å²) >= 11 is 0. The Labute approximate surface area is 129 Å². The minimum atomic E-state index is -1.07. The minimum Gasteiger partial charge on any atom is -0.480 e. The largest absolute Gasteiger partial charge is 0.480 e. The van der Waals surface area contributed by atoms with Gasteiger partial charge in [-0.2, -0.15) is 0 Å². The SMILES string of the molecule is CC(C)CC(NC(=O)CCC(=O)NCc1ccco1)C(=O)O. The van der Waals surface area contributed by atoms with Gasteiger partial charge in [-0.15, -0.1) is 0 Å². The maximum absolute atomic E-state index is 11.7. The van der Waals surface area contributed by atoms with Crippen LogP contribution >= 0.6 is 0 Å². The monoisotopic (exact) mass is 310 g/mol. The van der Waals surface area contributed by atoms with Crippen LogP contribution in [0.15, 0.2) is 22.8 Å². The highest BCUT2D eigenvalue weighted by atomic mass is 16.4. The molecule has 0 aliphatic carbocycles. The van der Waals surface area contributed by atoms with Crippen molar-refractivity contribution in [3.8, 4) is 0 Å². The van der Waals surface area contributed by atoms with Crippen LogP contribution in [0.1, 0.15) is 38.9 Å². The number of amides is 2. The normalized spacial score (nSPS) is 12.0. The van der Waals surface area contributed by atoms with Gasteiger partial charge in [0, 0.05) is 12.8 Å². The lowest BCUT2D eigenvalue weighted by Crippen LogP contribution is -2.41. The molecule has 0 fully saturated rings. The van der Waals surface area contributed by atoms with Crippen molar-refractivity contribution in [2.75, 3.05) is 0 Å². The second kappa shape index (κ2) is 8.86. The molecule has 1 atom stereocenters. The van der Waals surface area contributed by atoms with Gasteiger partial charge in [-0.1, -0.05) is 13.8 Å². The Hall–Kier alpha value is -2.31. The fourth-order valence-electron chi connectivity index (χ4n) is 1.87. The average Bonchev–Trinajstić information content (AvgIpc) is 2.94. The fourth-order valence-corrected chi connectivity index (χ4v) is 1.87. The molecule has 2 amide bonds. The molecule has 7 heteroatoms. The van der Waals surface area contributed by atoms with Crippen LogP contribution in [0.5, 0.6) is 0 Å². The molecule has 3 N–H and O–H groups in total. The van der Waals surface area contributed by atoms with Gasteiger partial charge in [-0.05, 0) is 24.5 Å². The van der Waals surface area contributed by atoms with E-state index in [9.17, 15) is 14.4 Å². The number of hydrogen-bond donors (Lipinski definition) is 3. The quantitative estimate of drug-likeness (QED) is 0.637. The lowest BCUT2D eigenvalue weighted by Gasteiger charge is -2.16. The summed E-state index contributed by atoms with van der Waals surface area (Å²) in [5.74, 6) is -1.02. The molecular formula is C15H22N2O5. The van der Waals surface area contributed by atoms with Gasteiger partial charge >= 0.3 is 5.97 Å². The molecule has 0 aliphatic rings. The molecule has 1 aromatic heterocycles. The molecule has 22 heavy (non-hydrogen) atoms. The van der Waals surface area contributed by atoms with Crippen LogP contribution in [0.4, 0.5) is 0 Å². The van der Waals surface area contributed by atoms with E-state index in [0.717, 1.165) is 0 Å². The molecule has 0 saturated carbocycles. The predicted molar refractivity (Wildman–Crippen MR) is 78.8 cm³/mol. The fraction of sp³-hybridized carbons (Fsp3) is 0.533. The van der Waals surface area contributed by atoms with Crippen molar-refractivity contribution >= 4 is 17.8 Å². The highest BCUT2D eigenvalue weighted by Gasteiger charge is 2.21. The summed E-state index contributed by atoms with van der Waals surface area (Å²) < 4.78 is 5.07. The molecule has 1 aromatic rings. The van der Waals surface area contributed by atoms with Crippen molar-refractivity contribution < 1.29 is 23.9 Å². The molecule has 122 valence electrons. The highest BCUT2D eigenvalue weighted by Crippen LogP contribution is 2.05. The molecule has 1 heterocycles. The van der Waals surface area contributed by atoms with E-state index >= 15 is 0 Å². The molecule has 0 saturated heterocycles. The molecule has 0 bridgehead atoms. The molecular weight excluding hydrogens is 288 g/mol. The highest BCUT2D eigenvalue weighted by molar-refractivity contribution is 5.86. The third-order valence-corrected chi connectivity index (χ3v) is 2.96. The average molecular weight is 310 g/mol. The van der Waals surface area contributed by atoms with E-state index in [1.54, 1.807) is 12.1 Å². The van der Waals surface area contributed by atoms with Crippen LogP contribution in [0.3, 0.4) is 0 Å². The Morgan fingerprint density at radius 2 is 1.91 bits per heavy atom. The molecule has 1 unspecified atom stereocenters. The van der Waals surface area contributed by atoms with Crippen molar-refractivity contribution in [3.05, 3.63) is 24.2 Å². The van der Waals surface area contributed by atoms with E-state index in [4.69, 9.17) is 9.52 Å². The molecule has 1 rings (SSSR count). The Kier molecular flexibility index (Phi) is 7.15. The number of nitrogens with one attached hydrogen (secondary N) is 2. The summed E-state index contributed by atoms with van der Waals surface area (Å²) in [4.78, 5) is 34.3. The first-order chi connectivity index (χ1) is 10.4. The second-order valence-corrected chi connectivity index (χ2v) is 5.44. The Morgan fingerprint density at radius 1 is 1.23 bits per heavy atom. The zero-order valence-corrected chi connectivity index (χ0v) is 12.8. The Bertz CT molecular complexity index is 496. The van der Waals surface area contributed by atoms with E-state index in [2.05, 4.69) is 10.6 Å². The van der Waals surface area contributed by atoms with E-state index in [-0.39, 0.29) is 31.2 Å². The van der Waals surface area contributed by atoms with E-state index in [1.165, 1.54) is 6.26 Å². The minimum absolute atomic E-state index is 0.000555. The topological polar surface area (TPSA) is 109 Å². The number of carboxylic acids is 1. The summed E-state index contributed by atoms with van der Waals surface area (Å²) in [5.41, 5.74) is 0. The molecule has 0 aliphatic heterocycles. The molecule has 7 nitrogen and oxygen atoms in total. The summed E-state index contributed by atoms with van der Waals surface area (Å²) in [7, 11) is 0. The number of aliphatic carboxylic acids is 1. The number of carboxylic acid groups (broad SMARTS) is 1. The summed E-state index contributed by atoms with van der Waals surface area (Å²) in [6, 6.07) is 2.53. The molecule has 0 spiro atoms. The maximum atomic E-state index is 11.7. The number of hydrogen-bond acceptors (Lipinski definition) is 4. The van der Waals surface area contributed by atoms with Crippen molar-refractivity contribution in [2.45, 2.75) is 45.7 Å². The van der Waals surface area contributed by atoms with Crippen LogP contribution in [-0.2, 0) is 20.9 Å². The Morgan fingerprint density at radius 3 is 2.45 bits per heavy atom. The number of furan rings is 1. The summed E-state index contributed by atoms with van der Waals surface area (Å²) in [6.45, 7) is 4.02. The van der Waals surface area contributed by atoms with Gasteiger partial charge in [-0.3, -0.25) is 9.59 Å². The smallest absolute Gasteiger partial charge is 0.326 e. The third-order valence-electron chi connectivity index (χ3n) is 2.96. The zero-order chi connectivity index (χ0) is 16.5. The van der Waals surface area contributed by atoms with Gasteiger partial charge in [0.05, 0.1) is 12.8 Å². The summed E-state index contributed by atoms with van der Waals surface area (Å²) in [5, 5.41) is 14.1. The lowest BCUT2D eigenvalue weighted by molar-refractivity contribution is -0.142. The first kappa shape index (κ1) is 17.7. The molecule has 0 radical (unpaired) electrons. The van der Waals surface area contributed by atoms with E-state index < -0.39 is 17.9 Å². The lowest BCUT2D eigenvalue weighted by atomic mass is 10.0. The molecule has 0 aromatic carbocycles. The van der Waals surface area contributed by atoms with Crippen molar-refractivity contribution in [2.24, 2.45) is 5.92 Å². The van der Waals surface area contributed by atoms with Gasteiger partial charge in [0.15, 0.2) is 0 Å². The standard InChI is InChI=1S/C15H22N2O5/c1-10(2)8-12(15(20)21)17-14(19)6-5-13(18)16-9-11-4-3-7-22-11/h3-4,7,10,12H,5-6,8-9H2,1-2H3,(H,16,18)(H,17,19)(H,20,21). The second-order valence-electron chi connectivity index (χ2n) is 5.44. The van der Waals surface area contributed by atoms with Gasteiger partial charge in [0.2, 0.25) is 11.8 Å². The van der Waals surface area contributed by atoms with E-state index in [1.807, 2.05) is 13.8 Å². The van der Waals surface area contributed by atoms with Crippen LogP contribution in [-0.4, -0.2) is 28.9 Å². The van der Waals surface area contributed by atoms with Gasteiger partial charge in [0.25, 0.3) is 0 Å². The van der Waals surface area contributed by atoms with Crippen LogP contribution in [0, 0.1) is 5.92 Å². The predicted octanol–water partition coefficient (Wildman–Crippen LogP) is 1.29. The third kappa shape index (κ3) is 6.92. The number of carbonyl (C=O) groups excluding carboxylic acids is 2. The number of carbonyl (C=O) groups is 3. The first-order valence-electron chi connectivity index (χ1n) is 7.19. The Balaban J connectivity index is 2.28.